The standard InChI is InChI=1S/C26H25FN4O2/c1-17-15-30(16-29-17)24-9-6-19(12-25(24)33-3)11-21-5-4-10-31(26(21)32)18(2)20-7-8-23(27)22(13-20)14-28/h6-9,11-13,15-16,18H,4-5,10H2,1-3H3/t18-/m0/s1. The second-order valence-corrected chi connectivity index (χ2v) is 8.15. The van der Waals surface area contributed by atoms with Crippen LogP contribution in [-0.4, -0.2) is 34.0 Å². The van der Waals surface area contributed by atoms with E-state index in [9.17, 15) is 9.18 Å². The SMILES string of the molecule is COc1cc(C=C2CCCN([C@@H](C)c3ccc(F)c(C#N)c3)C2=O)ccc1-n1cnc(C)c1. The van der Waals surface area contributed by atoms with Gasteiger partial charge in [-0.3, -0.25) is 4.79 Å². The molecular formula is C26H25FN4O2. The fourth-order valence-corrected chi connectivity index (χ4v) is 4.16. The highest BCUT2D eigenvalue weighted by molar-refractivity contribution is 5.98. The minimum Gasteiger partial charge on any atom is -0.495 e. The summed E-state index contributed by atoms with van der Waals surface area (Å²) in [7, 11) is 1.62. The first-order chi connectivity index (χ1) is 15.9. The summed E-state index contributed by atoms with van der Waals surface area (Å²) in [5.74, 6) is 0.0812. The van der Waals surface area contributed by atoms with Gasteiger partial charge in [-0.05, 0) is 68.2 Å². The van der Waals surface area contributed by atoms with Crippen molar-refractivity contribution in [2.75, 3.05) is 13.7 Å². The topological polar surface area (TPSA) is 71.2 Å². The number of methoxy groups -OCH3 is 1. The molecule has 0 saturated carbocycles. The van der Waals surface area contributed by atoms with Gasteiger partial charge in [-0.2, -0.15) is 5.26 Å². The fourth-order valence-electron chi connectivity index (χ4n) is 4.16. The van der Waals surface area contributed by atoms with Gasteiger partial charge in [-0.1, -0.05) is 12.1 Å². The smallest absolute Gasteiger partial charge is 0.250 e. The van der Waals surface area contributed by atoms with Crippen molar-refractivity contribution < 1.29 is 13.9 Å². The Kier molecular flexibility index (Phi) is 6.27. The molecule has 1 aliphatic rings. The normalized spacial score (nSPS) is 16.0. The van der Waals surface area contributed by atoms with Gasteiger partial charge < -0.3 is 14.2 Å². The number of carbonyl (C=O) groups excluding carboxylic acids is 1. The molecule has 1 atom stereocenters. The van der Waals surface area contributed by atoms with E-state index >= 15 is 0 Å². The van der Waals surface area contributed by atoms with E-state index in [1.807, 2.05) is 55.0 Å². The lowest BCUT2D eigenvalue weighted by Gasteiger charge is -2.34. The van der Waals surface area contributed by atoms with E-state index in [-0.39, 0.29) is 17.5 Å². The molecule has 4 rings (SSSR count). The van der Waals surface area contributed by atoms with Crippen molar-refractivity contribution >= 4 is 12.0 Å². The quantitative estimate of drug-likeness (QED) is 0.521. The zero-order valence-corrected chi connectivity index (χ0v) is 18.9. The Balaban J connectivity index is 1.60. The molecule has 1 fully saturated rings. The Morgan fingerprint density at radius 2 is 2.09 bits per heavy atom. The van der Waals surface area contributed by atoms with Crippen LogP contribution in [0.15, 0.2) is 54.5 Å². The Hall–Kier alpha value is -3.92. The molecule has 168 valence electrons. The van der Waals surface area contributed by atoms with Crippen LogP contribution in [-0.2, 0) is 4.79 Å². The van der Waals surface area contributed by atoms with Crippen molar-refractivity contribution in [2.24, 2.45) is 0 Å². The summed E-state index contributed by atoms with van der Waals surface area (Å²) in [5, 5.41) is 9.13. The number of hydrogen-bond donors (Lipinski definition) is 0. The number of hydrogen-bond acceptors (Lipinski definition) is 4. The molecule has 0 aliphatic carbocycles. The fraction of sp³-hybridized carbons (Fsp3) is 0.269. The first-order valence-corrected chi connectivity index (χ1v) is 10.8. The van der Waals surface area contributed by atoms with Crippen LogP contribution >= 0.6 is 0 Å². The largest absolute Gasteiger partial charge is 0.495 e. The maximum atomic E-state index is 13.7. The number of imidazole rings is 1. The summed E-state index contributed by atoms with van der Waals surface area (Å²) in [6.07, 6.45) is 7.07. The highest BCUT2D eigenvalue weighted by Crippen LogP contribution is 2.31. The molecule has 0 bridgehead atoms. The second-order valence-electron chi connectivity index (χ2n) is 8.15. The number of nitrogens with zero attached hydrogens (tertiary/aromatic N) is 4. The molecule has 2 aromatic carbocycles. The number of amides is 1. The van der Waals surface area contributed by atoms with Crippen LogP contribution in [0.1, 0.15) is 48.2 Å². The van der Waals surface area contributed by atoms with E-state index in [0.717, 1.165) is 28.9 Å². The van der Waals surface area contributed by atoms with Crippen molar-refractivity contribution in [3.05, 3.63) is 82.7 Å². The van der Waals surface area contributed by atoms with Gasteiger partial charge in [0.1, 0.15) is 17.6 Å². The van der Waals surface area contributed by atoms with Gasteiger partial charge in [-0.25, -0.2) is 9.37 Å². The predicted molar refractivity (Wildman–Crippen MR) is 123 cm³/mol. The van der Waals surface area contributed by atoms with Gasteiger partial charge >= 0.3 is 0 Å². The van der Waals surface area contributed by atoms with E-state index in [1.54, 1.807) is 24.4 Å². The average molecular weight is 445 g/mol. The summed E-state index contributed by atoms with van der Waals surface area (Å²) in [6, 6.07) is 11.8. The number of carbonyl (C=O) groups is 1. The zero-order chi connectivity index (χ0) is 23.5. The van der Waals surface area contributed by atoms with Crippen LogP contribution in [0, 0.1) is 24.1 Å². The third-order valence-corrected chi connectivity index (χ3v) is 5.98. The summed E-state index contributed by atoms with van der Waals surface area (Å²) < 4.78 is 21.2. The van der Waals surface area contributed by atoms with Crippen molar-refractivity contribution in [1.29, 1.82) is 5.26 Å². The minimum atomic E-state index is -0.553. The maximum absolute atomic E-state index is 13.7. The Morgan fingerprint density at radius 1 is 1.27 bits per heavy atom. The van der Waals surface area contributed by atoms with Gasteiger partial charge in [0.05, 0.1) is 36.4 Å². The van der Waals surface area contributed by atoms with Crippen molar-refractivity contribution in [2.45, 2.75) is 32.7 Å². The lowest BCUT2D eigenvalue weighted by molar-refractivity contribution is -0.130. The molecule has 3 aromatic rings. The van der Waals surface area contributed by atoms with Gasteiger partial charge in [0.25, 0.3) is 0 Å². The highest BCUT2D eigenvalue weighted by atomic mass is 19.1. The van der Waals surface area contributed by atoms with Crippen LogP contribution in [0.3, 0.4) is 0 Å². The van der Waals surface area contributed by atoms with E-state index in [2.05, 4.69) is 4.98 Å². The van der Waals surface area contributed by atoms with Crippen LogP contribution in [0.25, 0.3) is 11.8 Å². The molecule has 1 aromatic heterocycles. The summed E-state index contributed by atoms with van der Waals surface area (Å²) in [6.45, 7) is 4.44. The van der Waals surface area contributed by atoms with E-state index in [1.165, 1.54) is 12.1 Å². The third-order valence-electron chi connectivity index (χ3n) is 5.98. The molecule has 7 heteroatoms. The predicted octanol–water partition coefficient (Wildman–Crippen LogP) is 4.97. The summed E-state index contributed by atoms with van der Waals surface area (Å²) in [4.78, 5) is 19.3. The van der Waals surface area contributed by atoms with E-state index < -0.39 is 5.82 Å². The monoisotopic (exact) mass is 444 g/mol. The molecule has 33 heavy (non-hydrogen) atoms. The number of nitriles is 1. The van der Waals surface area contributed by atoms with Crippen LogP contribution in [0.2, 0.25) is 0 Å². The molecule has 0 spiro atoms. The molecule has 0 radical (unpaired) electrons. The van der Waals surface area contributed by atoms with Gasteiger partial charge in [0.15, 0.2) is 0 Å². The zero-order valence-electron chi connectivity index (χ0n) is 18.9. The van der Waals surface area contributed by atoms with Gasteiger partial charge in [-0.15, -0.1) is 0 Å². The van der Waals surface area contributed by atoms with Crippen LogP contribution < -0.4 is 4.74 Å². The number of aromatic nitrogens is 2. The summed E-state index contributed by atoms with van der Waals surface area (Å²) in [5.41, 5.74) is 4.09. The first-order valence-electron chi connectivity index (χ1n) is 10.8. The number of halogens is 1. The van der Waals surface area contributed by atoms with Crippen molar-refractivity contribution in [3.63, 3.8) is 0 Å². The van der Waals surface area contributed by atoms with E-state index in [4.69, 9.17) is 10.00 Å². The highest BCUT2D eigenvalue weighted by Gasteiger charge is 2.28. The maximum Gasteiger partial charge on any atom is 0.250 e. The number of aryl methyl sites for hydroxylation is 1. The molecular weight excluding hydrogens is 419 g/mol. The lowest BCUT2D eigenvalue weighted by Crippen LogP contribution is -2.38. The lowest BCUT2D eigenvalue weighted by atomic mass is 9.96. The molecule has 0 N–H and O–H groups in total. The van der Waals surface area contributed by atoms with Crippen LogP contribution in [0.5, 0.6) is 5.75 Å². The summed E-state index contributed by atoms with van der Waals surface area (Å²) >= 11 is 0. The number of likely N-dealkylation sites (tertiary alicyclic amines) is 1. The van der Waals surface area contributed by atoms with E-state index in [0.29, 0.717) is 24.3 Å². The molecule has 0 unspecified atom stereocenters. The minimum absolute atomic E-state index is 0.0140. The van der Waals surface area contributed by atoms with Crippen molar-refractivity contribution in [1.82, 2.24) is 14.5 Å². The molecule has 1 aliphatic heterocycles. The Labute approximate surface area is 192 Å². The number of benzene rings is 2. The van der Waals surface area contributed by atoms with Gasteiger partial charge in [0, 0.05) is 18.3 Å². The molecule has 6 nitrogen and oxygen atoms in total. The number of piperidine rings is 1. The average Bonchev–Trinajstić information content (AvgIpc) is 3.26. The number of ether oxygens (including phenoxy) is 1. The molecule has 2 heterocycles. The Bertz CT molecular complexity index is 1270. The molecule has 1 saturated heterocycles. The number of rotatable bonds is 5. The first kappa shape index (κ1) is 22.3. The molecule has 1 amide bonds. The van der Waals surface area contributed by atoms with Gasteiger partial charge in [0.2, 0.25) is 5.91 Å². The second kappa shape index (κ2) is 9.29. The van der Waals surface area contributed by atoms with Crippen molar-refractivity contribution in [3.8, 4) is 17.5 Å². The van der Waals surface area contributed by atoms with Crippen LogP contribution in [0.4, 0.5) is 4.39 Å². The Morgan fingerprint density at radius 3 is 2.79 bits per heavy atom. The third kappa shape index (κ3) is 4.51.